The fourth-order valence-corrected chi connectivity index (χ4v) is 4.91. The minimum absolute atomic E-state index is 0.136. The van der Waals surface area contributed by atoms with E-state index in [1.54, 1.807) is 27.7 Å². The lowest BCUT2D eigenvalue weighted by atomic mass is 10.00. The summed E-state index contributed by atoms with van der Waals surface area (Å²) in [5, 5.41) is 13.3. The first-order valence-electron chi connectivity index (χ1n) is 15.8. The van der Waals surface area contributed by atoms with Crippen LogP contribution in [0.25, 0.3) is 0 Å². The molecule has 1 rings (SSSR count). The number of unbranched alkanes of at least 4 members (excludes halogenated alkanes) is 1. The Morgan fingerprint density at radius 2 is 1.46 bits per heavy atom. The Hall–Kier alpha value is -3.49. The van der Waals surface area contributed by atoms with Crippen LogP contribution in [0.15, 0.2) is 30.3 Å². The Labute approximate surface area is 276 Å². The van der Waals surface area contributed by atoms with Gasteiger partial charge >= 0.3 is 0 Å². The third-order valence-corrected chi connectivity index (χ3v) is 7.97. The summed E-state index contributed by atoms with van der Waals surface area (Å²) in [6, 6.07) is 4.85. The van der Waals surface area contributed by atoms with Crippen molar-refractivity contribution in [1.82, 2.24) is 26.6 Å². The highest BCUT2D eigenvalue weighted by Crippen LogP contribution is 2.08. The first-order valence-corrected chi connectivity index (χ1v) is 17.2. The molecule has 0 unspecified atom stereocenters. The topological polar surface area (TPSA) is 215 Å². The van der Waals surface area contributed by atoms with Gasteiger partial charge in [0.2, 0.25) is 29.5 Å². The van der Waals surface area contributed by atoms with Crippen molar-refractivity contribution in [2.45, 2.75) is 90.0 Å². The summed E-state index contributed by atoms with van der Waals surface area (Å²) in [5.41, 5.74) is 12.6. The highest BCUT2D eigenvalue weighted by Gasteiger charge is 2.31. The molecule has 5 amide bonds. The van der Waals surface area contributed by atoms with Crippen molar-refractivity contribution in [2.24, 2.45) is 23.3 Å². The van der Waals surface area contributed by atoms with Crippen LogP contribution < -0.4 is 38.1 Å². The molecule has 258 valence electrons. The van der Waals surface area contributed by atoms with Crippen LogP contribution >= 0.6 is 11.8 Å². The van der Waals surface area contributed by atoms with Gasteiger partial charge in [0.15, 0.2) is 0 Å². The molecule has 0 radical (unpaired) electrons. The van der Waals surface area contributed by atoms with E-state index in [4.69, 9.17) is 11.5 Å². The second-order valence-corrected chi connectivity index (χ2v) is 12.9. The number of amides is 5. The summed E-state index contributed by atoms with van der Waals surface area (Å²) in [7, 11) is 0. The van der Waals surface area contributed by atoms with E-state index in [0.29, 0.717) is 44.3 Å². The number of carbonyl (C=O) groups excluding carboxylic acids is 6. The number of nitrogens with two attached hydrogens (primary N) is 2. The lowest BCUT2D eigenvalue weighted by Gasteiger charge is -2.27. The average molecular weight is 664 g/mol. The highest BCUT2D eigenvalue weighted by molar-refractivity contribution is 7.98. The zero-order valence-electron chi connectivity index (χ0n) is 27.7. The van der Waals surface area contributed by atoms with Gasteiger partial charge in [-0.15, -0.1) is 0 Å². The molecule has 0 bridgehead atoms. The molecule has 1 aromatic rings. The lowest BCUT2D eigenvalue weighted by Crippen LogP contribution is -2.58. The molecule has 0 fully saturated rings. The third-order valence-electron chi connectivity index (χ3n) is 7.32. The Balaban J connectivity index is 2.88. The van der Waals surface area contributed by atoms with Crippen LogP contribution in [0.3, 0.4) is 0 Å². The number of benzene rings is 1. The average Bonchev–Trinajstić information content (AvgIpc) is 3.02. The largest absolute Gasteiger partial charge is 0.345 e. The minimum atomic E-state index is -1.00. The van der Waals surface area contributed by atoms with E-state index in [-0.39, 0.29) is 18.3 Å². The quantitative estimate of drug-likeness (QED) is 0.0656. The van der Waals surface area contributed by atoms with E-state index in [1.807, 2.05) is 36.6 Å². The first kappa shape index (κ1) is 40.5. The van der Waals surface area contributed by atoms with Gasteiger partial charge in [-0.3, -0.25) is 24.0 Å². The number of thioether (sulfide) groups is 1. The fraction of sp³-hybridized carbons (Fsp3) is 0.625. The van der Waals surface area contributed by atoms with Crippen LogP contribution in [-0.4, -0.2) is 91.1 Å². The number of nitrogens with one attached hydrogen (secondary N) is 5. The SMILES string of the molecule is CSCC[C@H](NC(=O)[C@@H](N)Cc1ccccc1)C(=O)NCC(=O)N[C@@H](CCCCN)C(=O)N[C@H](C(=O)N[C@H](C=O)C(C)C)C(C)C. The van der Waals surface area contributed by atoms with Crippen molar-refractivity contribution in [2.75, 3.05) is 25.1 Å². The number of carbonyl (C=O) groups is 6. The number of hydrogen-bond donors (Lipinski definition) is 7. The first-order chi connectivity index (χ1) is 21.8. The van der Waals surface area contributed by atoms with Crippen LogP contribution in [0.1, 0.15) is 58.9 Å². The van der Waals surface area contributed by atoms with Crippen molar-refractivity contribution in [1.29, 1.82) is 0 Å². The molecule has 0 saturated heterocycles. The summed E-state index contributed by atoms with van der Waals surface area (Å²) in [5.74, 6) is -2.60. The molecule has 0 aliphatic rings. The molecule has 1 aromatic carbocycles. The van der Waals surface area contributed by atoms with Crippen molar-refractivity contribution in [3.05, 3.63) is 35.9 Å². The summed E-state index contributed by atoms with van der Waals surface area (Å²) in [4.78, 5) is 76.4. The molecular formula is C32H53N7O6S. The van der Waals surface area contributed by atoms with Gasteiger partial charge in [0.1, 0.15) is 24.4 Å². The van der Waals surface area contributed by atoms with Crippen LogP contribution in [0.5, 0.6) is 0 Å². The van der Waals surface area contributed by atoms with Gasteiger partial charge in [-0.25, -0.2) is 0 Å². The van der Waals surface area contributed by atoms with Gasteiger partial charge in [-0.05, 0) is 68.1 Å². The maximum absolute atomic E-state index is 13.3. The fourth-order valence-electron chi connectivity index (χ4n) is 4.44. The summed E-state index contributed by atoms with van der Waals surface area (Å²) in [6.07, 6.45) is 4.55. The van der Waals surface area contributed by atoms with E-state index < -0.39 is 66.3 Å². The molecule has 0 aliphatic heterocycles. The van der Waals surface area contributed by atoms with E-state index in [9.17, 15) is 28.8 Å². The Morgan fingerprint density at radius 1 is 0.804 bits per heavy atom. The molecule has 0 aromatic heterocycles. The lowest BCUT2D eigenvalue weighted by molar-refractivity contribution is -0.134. The smallest absolute Gasteiger partial charge is 0.243 e. The monoisotopic (exact) mass is 663 g/mol. The van der Waals surface area contributed by atoms with E-state index >= 15 is 0 Å². The van der Waals surface area contributed by atoms with Crippen LogP contribution in [0, 0.1) is 11.8 Å². The second-order valence-electron chi connectivity index (χ2n) is 11.9. The van der Waals surface area contributed by atoms with Crippen molar-refractivity contribution < 1.29 is 28.8 Å². The van der Waals surface area contributed by atoms with Crippen molar-refractivity contribution in [3.8, 4) is 0 Å². The van der Waals surface area contributed by atoms with Gasteiger partial charge in [-0.1, -0.05) is 58.0 Å². The normalized spacial score (nSPS) is 14.4. The van der Waals surface area contributed by atoms with Gasteiger partial charge in [-0.2, -0.15) is 11.8 Å². The summed E-state index contributed by atoms with van der Waals surface area (Å²) < 4.78 is 0. The van der Waals surface area contributed by atoms with Crippen LogP contribution in [0.2, 0.25) is 0 Å². The Kier molecular flexibility index (Phi) is 19.5. The van der Waals surface area contributed by atoms with Gasteiger partial charge in [0.25, 0.3) is 0 Å². The molecule has 13 nitrogen and oxygen atoms in total. The summed E-state index contributed by atoms with van der Waals surface area (Å²) in [6.45, 7) is 7.07. The standard InChI is InChI=1S/C32H53N7O6S/c1-20(2)26(19-40)38-32(45)28(21(3)4)39-31(44)24(13-9-10-15-33)36-27(41)18-35-30(43)25(14-16-46-5)37-29(42)23(34)17-22-11-7-6-8-12-22/h6-8,11-12,19-21,23-26,28H,9-10,13-18,33-34H2,1-5H3,(H,35,43)(H,36,41)(H,37,42)(H,38,45)(H,39,44)/t23-,24-,25-,26+,28-/m0/s1. The minimum Gasteiger partial charge on any atom is -0.345 e. The molecule has 0 heterocycles. The van der Waals surface area contributed by atoms with Gasteiger partial charge in [0, 0.05) is 0 Å². The van der Waals surface area contributed by atoms with E-state index in [2.05, 4.69) is 26.6 Å². The van der Waals surface area contributed by atoms with Crippen molar-refractivity contribution in [3.63, 3.8) is 0 Å². The zero-order chi connectivity index (χ0) is 34.6. The van der Waals surface area contributed by atoms with Gasteiger partial charge < -0.3 is 42.8 Å². The van der Waals surface area contributed by atoms with Crippen LogP contribution in [-0.2, 0) is 35.2 Å². The number of hydrogen-bond acceptors (Lipinski definition) is 9. The molecule has 9 N–H and O–H groups in total. The second kappa shape index (κ2) is 22.1. The number of rotatable bonds is 22. The molecule has 0 saturated carbocycles. The van der Waals surface area contributed by atoms with E-state index in [0.717, 1.165) is 5.56 Å². The Bertz CT molecular complexity index is 1120. The maximum atomic E-state index is 13.3. The summed E-state index contributed by atoms with van der Waals surface area (Å²) >= 11 is 1.50. The van der Waals surface area contributed by atoms with Crippen LogP contribution in [0.4, 0.5) is 0 Å². The third kappa shape index (κ3) is 15.2. The number of aldehydes is 1. The molecule has 5 atom stereocenters. The molecule has 14 heteroatoms. The molecule has 46 heavy (non-hydrogen) atoms. The van der Waals surface area contributed by atoms with Crippen molar-refractivity contribution >= 4 is 47.6 Å². The zero-order valence-corrected chi connectivity index (χ0v) is 28.5. The Morgan fingerprint density at radius 3 is 2.02 bits per heavy atom. The molecular weight excluding hydrogens is 610 g/mol. The highest BCUT2D eigenvalue weighted by atomic mass is 32.2. The predicted molar refractivity (Wildman–Crippen MR) is 180 cm³/mol. The van der Waals surface area contributed by atoms with Gasteiger partial charge in [0.05, 0.1) is 18.6 Å². The maximum Gasteiger partial charge on any atom is 0.243 e. The molecule has 0 spiro atoms. The molecule has 0 aliphatic carbocycles. The van der Waals surface area contributed by atoms with E-state index in [1.165, 1.54) is 11.8 Å². The predicted octanol–water partition coefficient (Wildman–Crippen LogP) is 0.00480.